The zero-order valence-corrected chi connectivity index (χ0v) is 9.40. The molecule has 0 radical (unpaired) electrons. The third-order valence-electron chi connectivity index (χ3n) is 2.31. The van der Waals surface area contributed by atoms with E-state index in [1.165, 1.54) is 0 Å². The predicted molar refractivity (Wildman–Crippen MR) is 61.1 cm³/mol. The average Bonchev–Trinajstić information content (AvgIpc) is 2.57. The highest BCUT2D eigenvalue weighted by atomic mass is 16.5. The van der Waals surface area contributed by atoms with Gasteiger partial charge in [-0.2, -0.15) is 5.10 Å². The second-order valence-electron chi connectivity index (χ2n) is 4.17. The van der Waals surface area contributed by atoms with Crippen molar-refractivity contribution in [2.45, 2.75) is 20.4 Å². The number of hydrogen-bond acceptors (Lipinski definition) is 2. The first-order chi connectivity index (χ1) is 7.19. The lowest BCUT2D eigenvalue weighted by molar-refractivity contribution is 0.415. The first-order valence-corrected chi connectivity index (χ1v) is 5.20. The van der Waals surface area contributed by atoms with Crippen LogP contribution in [-0.2, 0) is 6.54 Å². The highest BCUT2D eigenvalue weighted by Gasteiger charge is 2.03. The fourth-order valence-corrected chi connectivity index (χ4v) is 1.65. The summed E-state index contributed by atoms with van der Waals surface area (Å²) in [5, 5.41) is 5.62. The SMILES string of the molecule is COc1ccc2nn(CC(C)C)cc2c1. The molecule has 1 heterocycles. The predicted octanol–water partition coefficient (Wildman–Crippen LogP) is 2.70. The zero-order chi connectivity index (χ0) is 10.8. The molecule has 2 rings (SSSR count). The van der Waals surface area contributed by atoms with Crippen molar-refractivity contribution in [1.82, 2.24) is 9.78 Å². The molecule has 0 saturated carbocycles. The van der Waals surface area contributed by atoms with Crippen molar-refractivity contribution < 1.29 is 4.74 Å². The van der Waals surface area contributed by atoms with Crippen molar-refractivity contribution >= 4 is 10.9 Å². The van der Waals surface area contributed by atoms with E-state index in [-0.39, 0.29) is 0 Å². The molecular formula is C12H16N2O. The van der Waals surface area contributed by atoms with Crippen LogP contribution in [0.25, 0.3) is 10.9 Å². The molecule has 15 heavy (non-hydrogen) atoms. The summed E-state index contributed by atoms with van der Waals surface area (Å²) in [7, 11) is 1.68. The van der Waals surface area contributed by atoms with Gasteiger partial charge in [-0.05, 0) is 24.1 Å². The molecule has 2 aromatic rings. The van der Waals surface area contributed by atoms with E-state index in [4.69, 9.17) is 4.74 Å². The molecule has 80 valence electrons. The molecule has 0 amide bonds. The van der Waals surface area contributed by atoms with Crippen LogP contribution in [-0.4, -0.2) is 16.9 Å². The summed E-state index contributed by atoms with van der Waals surface area (Å²) >= 11 is 0. The molecular weight excluding hydrogens is 188 g/mol. The van der Waals surface area contributed by atoms with E-state index in [1.54, 1.807) is 7.11 Å². The van der Waals surface area contributed by atoms with Crippen molar-refractivity contribution in [3.8, 4) is 5.75 Å². The van der Waals surface area contributed by atoms with E-state index in [9.17, 15) is 0 Å². The van der Waals surface area contributed by atoms with Crippen molar-refractivity contribution in [3.05, 3.63) is 24.4 Å². The highest BCUT2D eigenvalue weighted by molar-refractivity contribution is 5.79. The Morgan fingerprint density at radius 2 is 2.20 bits per heavy atom. The molecule has 0 unspecified atom stereocenters. The number of ether oxygens (including phenoxy) is 1. The Bertz CT molecular complexity index is 460. The average molecular weight is 204 g/mol. The van der Waals surface area contributed by atoms with Crippen molar-refractivity contribution in [2.75, 3.05) is 7.11 Å². The van der Waals surface area contributed by atoms with Crippen LogP contribution < -0.4 is 4.74 Å². The van der Waals surface area contributed by atoms with Gasteiger partial charge in [-0.1, -0.05) is 13.8 Å². The maximum Gasteiger partial charge on any atom is 0.119 e. The van der Waals surface area contributed by atoms with Gasteiger partial charge in [-0.3, -0.25) is 4.68 Å². The Labute approximate surface area is 89.7 Å². The topological polar surface area (TPSA) is 27.1 Å². The lowest BCUT2D eigenvalue weighted by atomic mass is 10.2. The van der Waals surface area contributed by atoms with Crippen LogP contribution in [0, 0.1) is 5.92 Å². The first kappa shape index (κ1) is 10.0. The number of fused-ring (bicyclic) bond motifs is 1. The molecule has 1 aromatic heterocycles. The molecule has 0 fully saturated rings. The summed E-state index contributed by atoms with van der Waals surface area (Å²) in [6, 6.07) is 5.94. The third kappa shape index (κ3) is 2.12. The number of rotatable bonds is 3. The Balaban J connectivity index is 2.37. The van der Waals surface area contributed by atoms with E-state index < -0.39 is 0 Å². The monoisotopic (exact) mass is 204 g/mol. The van der Waals surface area contributed by atoms with Gasteiger partial charge in [0.2, 0.25) is 0 Å². The third-order valence-corrected chi connectivity index (χ3v) is 2.31. The molecule has 3 heteroatoms. The van der Waals surface area contributed by atoms with Crippen LogP contribution in [0.2, 0.25) is 0 Å². The summed E-state index contributed by atoms with van der Waals surface area (Å²) in [6.07, 6.45) is 2.07. The Morgan fingerprint density at radius 3 is 2.87 bits per heavy atom. The standard InChI is InChI=1S/C12H16N2O/c1-9(2)7-14-8-10-6-11(15-3)4-5-12(10)13-14/h4-6,8-9H,7H2,1-3H3. The molecule has 0 spiro atoms. The van der Waals surface area contributed by atoms with Gasteiger partial charge in [0.15, 0.2) is 0 Å². The van der Waals surface area contributed by atoms with Gasteiger partial charge in [0.25, 0.3) is 0 Å². The van der Waals surface area contributed by atoms with Crippen LogP contribution in [0.1, 0.15) is 13.8 Å². The number of nitrogens with zero attached hydrogens (tertiary/aromatic N) is 2. The van der Waals surface area contributed by atoms with E-state index in [0.717, 1.165) is 23.2 Å². The molecule has 3 nitrogen and oxygen atoms in total. The van der Waals surface area contributed by atoms with E-state index >= 15 is 0 Å². The Kier molecular flexibility index (Phi) is 2.62. The van der Waals surface area contributed by atoms with E-state index in [2.05, 4.69) is 25.1 Å². The first-order valence-electron chi connectivity index (χ1n) is 5.20. The summed E-state index contributed by atoms with van der Waals surface area (Å²) in [5.74, 6) is 1.49. The van der Waals surface area contributed by atoms with Gasteiger partial charge in [0, 0.05) is 18.1 Å². The molecule has 0 atom stereocenters. The number of methoxy groups -OCH3 is 1. The quantitative estimate of drug-likeness (QED) is 0.768. The van der Waals surface area contributed by atoms with Gasteiger partial charge in [0.05, 0.1) is 12.6 Å². The minimum atomic E-state index is 0.612. The number of benzene rings is 1. The van der Waals surface area contributed by atoms with Crippen LogP contribution in [0.4, 0.5) is 0 Å². The van der Waals surface area contributed by atoms with Crippen LogP contribution in [0.5, 0.6) is 5.75 Å². The van der Waals surface area contributed by atoms with Crippen LogP contribution >= 0.6 is 0 Å². The fourth-order valence-electron chi connectivity index (χ4n) is 1.65. The fraction of sp³-hybridized carbons (Fsp3) is 0.417. The largest absolute Gasteiger partial charge is 0.497 e. The second kappa shape index (κ2) is 3.93. The van der Waals surface area contributed by atoms with Gasteiger partial charge < -0.3 is 4.74 Å². The van der Waals surface area contributed by atoms with E-state index in [0.29, 0.717) is 5.92 Å². The molecule has 1 aromatic carbocycles. The van der Waals surface area contributed by atoms with Gasteiger partial charge in [0.1, 0.15) is 5.75 Å². The molecule has 0 aliphatic rings. The lowest BCUT2D eigenvalue weighted by Crippen LogP contribution is -2.04. The number of hydrogen-bond donors (Lipinski definition) is 0. The van der Waals surface area contributed by atoms with E-state index in [1.807, 2.05) is 22.9 Å². The van der Waals surface area contributed by atoms with Gasteiger partial charge in [-0.15, -0.1) is 0 Å². The van der Waals surface area contributed by atoms with Crippen molar-refractivity contribution in [2.24, 2.45) is 5.92 Å². The molecule has 0 aliphatic heterocycles. The van der Waals surface area contributed by atoms with Crippen LogP contribution in [0.15, 0.2) is 24.4 Å². The maximum absolute atomic E-state index is 5.18. The normalized spacial score (nSPS) is 11.2. The molecule has 0 saturated heterocycles. The smallest absolute Gasteiger partial charge is 0.119 e. The van der Waals surface area contributed by atoms with Gasteiger partial charge in [-0.25, -0.2) is 0 Å². The minimum Gasteiger partial charge on any atom is -0.497 e. The summed E-state index contributed by atoms with van der Waals surface area (Å²) < 4.78 is 7.17. The maximum atomic E-state index is 5.18. The Hall–Kier alpha value is -1.51. The lowest BCUT2D eigenvalue weighted by Gasteiger charge is -2.02. The van der Waals surface area contributed by atoms with Crippen molar-refractivity contribution in [1.29, 1.82) is 0 Å². The summed E-state index contributed by atoms with van der Waals surface area (Å²) in [5.41, 5.74) is 1.02. The zero-order valence-electron chi connectivity index (χ0n) is 9.40. The Morgan fingerprint density at radius 1 is 1.40 bits per heavy atom. The second-order valence-corrected chi connectivity index (χ2v) is 4.17. The molecule has 0 N–H and O–H groups in total. The highest BCUT2D eigenvalue weighted by Crippen LogP contribution is 2.19. The summed E-state index contributed by atoms with van der Waals surface area (Å²) in [6.45, 7) is 5.33. The van der Waals surface area contributed by atoms with Crippen LogP contribution in [0.3, 0.4) is 0 Å². The van der Waals surface area contributed by atoms with Gasteiger partial charge >= 0.3 is 0 Å². The summed E-state index contributed by atoms with van der Waals surface area (Å²) in [4.78, 5) is 0. The molecule has 0 bridgehead atoms. The van der Waals surface area contributed by atoms with Crippen molar-refractivity contribution in [3.63, 3.8) is 0 Å². The minimum absolute atomic E-state index is 0.612. The molecule has 0 aliphatic carbocycles. The number of aromatic nitrogens is 2.